The minimum Gasteiger partial charge on any atom is -0.346 e. The lowest BCUT2D eigenvalue weighted by Gasteiger charge is -2.10. The molecule has 26 heavy (non-hydrogen) atoms. The first-order chi connectivity index (χ1) is 12.3. The molecule has 3 rings (SSSR count). The number of fused-ring (bicyclic) bond motifs is 1. The van der Waals surface area contributed by atoms with Crippen LogP contribution in [0.4, 0.5) is 0 Å². The van der Waals surface area contributed by atoms with Gasteiger partial charge in [0.05, 0.1) is 16.7 Å². The Labute approximate surface area is 151 Å². The fourth-order valence-corrected chi connectivity index (χ4v) is 3.13. The molecule has 7 nitrogen and oxygen atoms in total. The summed E-state index contributed by atoms with van der Waals surface area (Å²) in [6.07, 6.45) is 0. The van der Waals surface area contributed by atoms with Crippen LogP contribution in [-0.4, -0.2) is 25.2 Å². The number of nitrogens with zero attached hydrogens (tertiary/aromatic N) is 4. The van der Waals surface area contributed by atoms with E-state index in [1.165, 1.54) is 4.57 Å². The van der Waals surface area contributed by atoms with Crippen LogP contribution in [0.2, 0.25) is 0 Å². The Morgan fingerprint density at radius 3 is 2.58 bits per heavy atom. The highest BCUT2D eigenvalue weighted by Crippen LogP contribution is 2.17. The molecule has 0 fully saturated rings. The van der Waals surface area contributed by atoms with Gasteiger partial charge in [-0.15, -0.1) is 0 Å². The molecule has 0 radical (unpaired) electrons. The van der Waals surface area contributed by atoms with Crippen LogP contribution in [0.5, 0.6) is 0 Å². The second-order valence-corrected chi connectivity index (χ2v) is 6.68. The van der Waals surface area contributed by atoms with E-state index >= 15 is 0 Å². The second-order valence-electron chi connectivity index (χ2n) is 6.68. The molecule has 1 aromatic carbocycles. The molecule has 0 aliphatic carbocycles. The number of hydrogen-bond acceptors (Lipinski definition) is 4. The molecule has 1 amide bonds. The Morgan fingerprint density at radius 1 is 1.23 bits per heavy atom. The summed E-state index contributed by atoms with van der Waals surface area (Å²) >= 11 is 0. The predicted octanol–water partition coefficient (Wildman–Crippen LogP) is 2.26. The van der Waals surface area contributed by atoms with E-state index in [1.807, 2.05) is 30.7 Å². The lowest BCUT2D eigenvalue weighted by atomic mass is 10.2. The molecule has 0 bridgehead atoms. The van der Waals surface area contributed by atoms with Gasteiger partial charge in [0.2, 0.25) is 0 Å². The van der Waals surface area contributed by atoms with Crippen molar-refractivity contribution < 1.29 is 4.79 Å². The third kappa shape index (κ3) is 3.00. The third-order valence-corrected chi connectivity index (χ3v) is 4.59. The number of nitrogens with one attached hydrogen (secondary N) is 1. The minimum absolute atomic E-state index is 0.0993. The van der Waals surface area contributed by atoms with Crippen molar-refractivity contribution in [3.05, 3.63) is 57.3 Å². The van der Waals surface area contributed by atoms with Crippen molar-refractivity contribution in [2.45, 2.75) is 40.3 Å². The van der Waals surface area contributed by atoms with Gasteiger partial charge in [-0.25, -0.2) is 4.98 Å². The largest absolute Gasteiger partial charge is 0.346 e. The Hall–Kier alpha value is -2.96. The normalized spacial score (nSPS) is 11.3. The maximum atomic E-state index is 12.6. The summed E-state index contributed by atoms with van der Waals surface area (Å²) in [6.45, 7) is 8.32. The average molecular weight is 353 g/mol. The van der Waals surface area contributed by atoms with Gasteiger partial charge < -0.3 is 9.88 Å². The summed E-state index contributed by atoms with van der Waals surface area (Å²) in [7, 11) is 1.64. The van der Waals surface area contributed by atoms with E-state index in [2.05, 4.69) is 29.2 Å². The fraction of sp³-hybridized carbons (Fsp3) is 0.368. The van der Waals surface area contributed by atoms with Gasteiger partial charge >= 0.3 is 0 Å². The standard InChI is InChI=1S/C19H23N5O2/c1-11(2)24-13(4)14(12(3)22-24)10-20-18(25)17-19(26)23(5)16-9-7-6-8-15(16)21-17/h6-9,11H,10H2,1-5H3,(H,20,25). The molecule has 0 saturated carbocycles. The SMILES string of the molecule is Cc1nn(C(C)C)c(C)c1CNC(=O)c1nc2ccccc2n(C)c1=O. The molecule has 0 unspecified atom stereocenters. The molecule has 2 heterocycles. The van der Waals surface area contributed by atoms with Crippen LogP contribution < -0.4 is 10.9 Å². The van der Waals surface area contributed by atoms with Gasteiger partial charge in [-0.1, -0.05) is 12.1 Å². The first kappa shape index (κ1) is 17.8. The predicted molar refractivity (Wildman–Crippen MR) is 100 cm³/mol. The van der Waals surface area contributed by atoms with Crippen LogP contribution in [0.15, 0.2) is 29.1 Å². The van der Waals surface area contributed by atoms with Crippen molar-refractivity contribution in [2.75, 3.05) is 0 Å². The molecule has 3 aromatic rings. The first-order valence-corrected chi connectivity index (χ1v) is 8.59. The van der Waals surface area contributed by atoms with E-state index in [4.69, 9.17) is 0 Å². The zero-order valence-electron chi connectivity index (χ0n) is 15.7. The highest BCUT2D eigenvalue weighted by Gasteiger charge is 2.18. The van der Waals surface area contributed by atoms with Crippen LogP contribution in [0.1, 0.15) is 47.3 Å². The maximum absolute atomic E-state index is 12.6. The highest BCUT2D eigenvalue weighted by molar-refractivity contribution is 5.93. The van der Waals surface area contributed by atoms with Crippen LogP contribution in [0, 0.1) is 13.8 Å². The fourth-order valence-electron chi connectivity index (χ4n) is 3.13. The van der Waals surface area contributed by atoms with Gasteiger partial charge in [-0.2, -0.15) is 5.10 Å². The average Bonchev–Trinajstić information content (AvgIpc) is 2.90. The van der Waals surface area contributed by atoms with Crippen molar-refractivity contribution >= 4 is 16.9 Å². The Bertz CT molecular complexity index is 1050. The number of para-hydroxylation sites is 2. The summed E-state index contributed by atoms with van der Waals surface area (Å²) in [5.74, 6) is -0.479. The van der Waals surface area contributed by atoms with Gasteiger partial charge in [-0.3, -0.25) is 14.3 Å². The van der Waals surface area contributed by atoms with Crippen LogP contribution in [-0.2, 0) is 13.6 Å². The van der Waals surface area contributed by atoms with Crippen LogP contribution >= 0.6 is 0 Å². The number of amides is 1. The third-order valence-electron chi connectivity index (χ3n) is 4.59. The summed E-state index contributed by atoms with van der Waals surface area (Å²) in [5.41, 5.74) is 3.64. The number of carbonyl (C=O) groups is 1. The lowest BCUT2D eigenvalue weighted by molar-refractivity contribution is 0.0944. The van der Waals surface area contributed by atoms with Gasteiger partial charge in [0, 0.05) is 30.9 Å². The lowest BCUT2D eigenvalue weighted by Crippen LogP contribution is -2.33. The number of benzene rings is 1. The number of carbonyl (C=O) groups excluding carboxylic acids is 1. The maximum Gasteiger partial charge on any atom is 0.282 e. The van der Waals surface area contributed by atoms with Gasteiger partial charge in [0.25, 0.3) is 11.5 Å². The minimum atomic E-state index is -0.479. The molecule has 0 aliphatic rings. The van der Waals surface area contributed by atoms with E-state index in [0.717, 1.165) is 17.0 Å². The van der Waals surface area contributed by atoms with Crippen molar-refractivity contribution in [2.24, 2.45) is 7.05 Å². The molecule has 1 N–H and O–H groups in total. The molecule has 0 atom stereocenters. The highest BCUT2D eigenvalue weighted by atomic mass is 16.2. The van der Waals surface area contributed by atoms with E-state index in [0.29, 0.717) is 17.6 Å². The topological polar surface area (TPSA) is 81.8 Å². The smallest absolute Gasteiger partial charge is 0.282 e. The van der Waals surface area contributed by atoms with Gasteiger partial charge in [-0.05, 0) is 39.8 Å². The summed E-state index contributed by atoms with van der Waals surface area (Å²) < 4.78 is 3.38. The van der Waals surface area contributed by atoms with E-state index in [9.17, 15) is 9.59 Å². The van der Waals surface area contributed by atoms with E-state index < -0.39 is 11.5 Å². The molecule has 0 aliphatic heterocycles. The second kappa shape index (κ2) is 6.74. The molecule has 7 heteroatoms. The van der Waals surface area contributed by atoms with Crippen molar-refractivity contribution in [1.82, 2.24) is 24.6 Å². The molecular formula is C19H23N5O2. The number of aryl methyl sites for hydroxylation is 2. The molecule has 2 aromatic heterocycles. The number of rotatable bonds is 4. The van der Waals surface area contributed by atoms with E-state index in [1.54, 1.807) is 19.2 Å². The van der Waals surface area contributed by atoms with Crippen molar-refractivity contribution in [3.8, 4) is 0 Å². The molecule has 136 valence electrons. The Morgan fingerprint density at radius 2 is 1.92 bits per heavy atom. The monoisotopic (exact) mass is 353 g/mol. The summed E-state index contributed by atoms with van der Waals surface area (Å²) in [6, 6.07) is 7.49. The zero-order valence-corrected chi connectivity index (χ0v) is 15.7. The quantitative estimate of drug-likeness (QED) is 0.780. The molecule has 0 spiro atoms. The first-order valence-electron chi connectivity index (χ1n) is 8.59. The van der Waals surface area contributed by atoms with Crippen LogP contribution in [0.25, 0.3) is 11.0 Å². The van der Waals surface area contributed by atoms with Crippen molar-refractivity contribution in [3.63, 3.8) is 0 Å². The Kier molecular flexibility index (Phi) is 4.63. The van der Waals surface area contributed by atoms with Gasteiger partial charge in [0.1, 0.15) is 0 Å². The molecular weight excluding hydrogens is 330 g/mol. The zero-order chi connectivity index (χ0) is 19.0. The van der Waals surface area contributed by atoms with Crippen LogP contribution in [0.3, 0.4) is 0 Å². The van der Waals surface area contributed by atoms with E-state index in [-0.39, 0.29) is 11.7 Å². The summed E-state index contributed by atoms with van der Waals surface area (Å²) in [4.78, 5) is 29.3. The van der Waals surface area contributed by atoms with Gasteiger partial charge in [0.15, 0.2) is 5.69 Å². The number of hydrogen-bond donors (Lipinski definition) is 1. The van der Waals surface area contributed by atoms with Crippen molar-refractivity contribution in [1.29, 1.82) is 0 Å². The molecule has 0 saturated heterocycles. The Balaban J connectivity index is 1.89. The number of aromatic nitrogens is 4. The summed E-state index contributed by atoms with van der Waals surface area (Å²) in [5, 5.41) is 7.33.